The van der Waals surface area contributed by atoms with Gasteiger partial charge in [-0.25, -0.2) is 8.78 Å². The van der Waals surface area contributed by atoms with Crippen molar-refractivity contribution in [1.82, 2.24) is 5.32 Å². The van der Waals surface area contributed by atoms with Crippen molar-refractivity contribution in [2.75, 3.05) is 0 Å². The molecule has 21 heavy (non-hydrogen) atoms. The number of halogens is 2. The Morgan fingerprint density at radius 2 is 2.19 bits per heavy atom. The van der Waals surface area contributed by atoms with Gasteiger partial charge < -0.3 is 11.1 Å². The Hall–Kier alpha value is -1.49. The van der Waals surface area contributed by atoms with Crippen LogP contribution in [0.1, 0.15) is 50.6 Å². The maximum Gasteiger partial charge on any atom is 0.220 e. The predicted octanol–water partition coefficient (Wildman–Crippen LogP) is 3.05. The molecule has 1 saturated carbocycles. The summed E-state index contributed by atoms with van der Waals surface area (Å²) in [6.07, 6.45) is 3.91. The van der Waals surface area contributed by atoms with Crippen molar-refractivity contribution in [3.8, 4) is 0 Å². The minimum atomic E-state index is -0.625. The van der Waals surface area contributed by atoms with Crippen molar-refractivity contribution in [3.63, 3.8) is 0 Å². The van der Waals surface area contributed by atoms with Crippen LogP contribution >= 0.6 is 0 Å². The highest BCUT2D eigenvalue weighted by atomic mass is 19.1. The zero-order chi connectivity index (χ0) is 15.4. The van der Waals surface area contributed by atoms with E-state index in [0.29, 0.717) is 18.4 Å². The highest BCUT2D eigenvalue weighted by Gasteiger charge is 2.27. The zero-order valence-electron chi connectivity index (χ0n) is 12.2. The first-order valence-electron chi connectivity index (χ1n) is 7.51. The van der Waals surface area contributed by atoms with Crippen LogP contribution in [-0.2, 0) is 4.79 Å². The van der Waals surface area contributed by atoms with Gasteiger partial charge >= 0.3 is 0 Å². The fraction of sp³-hybridized carbons (Fsp3) is 0.562. The van der Waals surface area contributed by atoms with Gasteiger partial charge in [0.2, 0.25) is 5.91 Å². The normalized spacial score (nSPS) is 23.0. The van der Waals surface area contributed by atoms with E-state index in [9.17, 15) is 13.6 Å². The second kappa shape index (κ2) is 6.98. The van der Waals surface area contributed by atoms with E-state index in [0.717, 1.165) is 25.3 Å². The molecule has 3 atom stereocenters. The van der Waals surface area contributed by atoms with Gasteiger partial charge in [-0.2, -0.15) is 0 Å². The highest BCUT2D eigenvalue weighted by molar-refractivity contribution is 5.76. The molecule has 2 rings (SSSR count). The fourth-order valence-electron chi connectivity index (χ4n) is 2.99. The smallest absolute Gasteiger partial charge is 0.220 e. The second-order valence-electron chi connectivity index (χ2n) is 5.75. The molecule has 0 heterocycles. The van der Waals surface area contributed by atoms with Crippen molar-refractivity contribution in [3.05, 3.63) is 35.4 Å². The number of carbonyl (C=O) groups excluding carboxylic acids is 1. The van der Waals surface area contributed by atoms with E-state index < -0.39 is 17.7 Å². The second-order valence-corrected chi connectivity index (χ2v) is 5.75. The lowest BCUT2D eigenvalue weighted by atomic mass is 9.98. The minimum absolute atomic E-state index is 0.0818. The van der Waals surface area contributed by atoms with E-state index in [1.807, 2.05) is 6.92 Å². The van der Waals surface area contributed by atoms with E-state index in [2.05, 4.69) is 5.32 Å². The van der Waals surface area contributed by atoms with Crippen molar-refractivity contribution < 1.29 is 13.6 Å². The third-order valence-corrected chi connectivity index (χ3v) is 4.25. The number of hydrogen-bond acceptors (Lipinski definition) is 2. The van der Waals surface area contributed by atoms with Gasteiger partial charge in [-0.05, 0) is 31.2 Å². The molecule has 0 saturated heterocycles. The first-order chi connectivity index (χ1) is 10.0. The van der Waals surface area contributed by atoms with Crippen LogP contribution in [0, 0.1) is 17.6 Å². The molecular weight excluding hydrogens is 274 g/mol. The van der Waals surface area contributed by atoms with Crippen LogP contribution in [0.25, 0.3) is 0 Å². The van der Waals surface area contributed by atoms with Gasteiger partial charge in [0, 0.05) is 24.1 Å². The maximum atomic E-state index is 13.8. The Labute approximate surface area is 123 Å². The summed E-state index contributed by atoms with van der Waals surface area (Å²) in [5, 5.41) is 2.83. The number of benzene rings is 1. The molecule has 116 valence electrons. The molecule has 3 nitrogen and oxygen atoms in total. The summed E-state index contributed by atoms with van der Waals surface area (Å²) in [6.45, 7) is 1.86. The van der Waals surface area contributed by atoms with Gasteiger partial charge in [-0.3, -0.25) is 4.79 Å². The molecule has 1 aromatic rings. The van der Waals surface area contributed by atoms with Crippen LogP contribution in [-0.4, -0.2) is 11.9 Å². The summed E-state index contributed by atoms with van der Waals surface area (Å²) in [6, 6.07) is 3.09. The number of carbonyl (C=O) groups is 1. The van der Waals surface area contributed by atoms with Gasteiger partial charge in [0.05, 0.1) is 6.04 Å². The molecule has 1 fully saturated rings. The SMILES string of the molecule is CCC(NC(=O)C[C@@H]1CCC[C@H]1N)c1ccc(F)cc1F. The van der Waals surface area contributed by atoms with Crippen molar-refractivity contribution >= 4 is 5.91 Å². The molecule has 1 aromatic carbocycles. The van der Waals surface area contributed by atoms with Crippen molar-refractivity contribution in [1.29, 1.82) is 0 Å². The van der Waals surface area contributed by atoms with Crippen LogP contribution in [0.4, 0.5) is 8.78 Å². The van der Waals surface area contributed by atoms with Crippen LogP contribution in [0.2, 0.25) is 0 Å². The Kier molecular flexibility index (Phi) is 5.28. The largest absolute Gasteiger partial charge is 0.349 e. The molecule has 0 bridgehead atoms. The van der Waals surface area contributed by atoms with Crippen LogP contribution in [0.5, 0.6) is 0 Å². The predicted molar refractivity (Wildman–Crippen MR) is 77.5 cm³/mol. The van der Waals surface area contributed by atoms with Crippen molar-refractivity contribution in [2.24, 2.45) is 11.7 Å². The van der Waals surface area contributed by atoms with E-state index >= 15 is 0 Å². The van der Waals surface area contributed by atoms with Gasteiger partial charge in [0.25, 0.3) is 0 Å². The highest BCUT2D eigenvalue weighted by Crippen LogP contribution is 2.27. The monoisotopic (exact) mass is 296 g/mol. The van der Waals surface area contributed by atoms with Crippen LogP contribution in [0.15, 0.2) is 18.2 Å². The van der Waals surface area contributed by atoms with Gasteiger partial charge in [0.1, 0.15) is 11.6 Å². The summed E-state index contributed by atoms with van der Waals surface area (Å²) in [5.74, 6) is -1.15. The summed E-state index contributed by atoms with van der Waals surface area (Å²) in [5.41, 5.74) is 6.28. The molecule has 1 aliphatic carbocycles. The third-order valence-electron chi connectivity index (χ3n) is 4.25. The molecule has 3 N–H and O–H groups in total. The summed E-state index contributed by atoms with van der Waals surface area (Å²) < 4.78 is 26.7. The summed E-state index contributed by atoms with van der Waals surface area (Å²) in [4.78, 5) is 12.1. The number of rotatable bonds is 5. The Balaban J connectivity index is 1.99. The number of amides is 1. The Morgan fingerprint density at radius 3 is 2.76 bits per heavy atom. The topological polar surface area (TPSA) is 55.1 Å². The fourth-order valence-corrected chi connectivity index (χ4v) is 2.99. The lowest BCUT2D eigenvalue weighted by molar-refractivity contribution is -0.122. The molecule has 0 aromatic heterocycles. The van der Waals surface area contributed by atoms with Crippen LogP contribution in [0.3, 0.4) is 0 Å². The summed E-state index contributed by atoms with van der Waals surface area (Å²) >= 11 is 0. The standard InChI is InChI=1S/C16H22F2N2O/c1-2-15(12-7-6-11(17)9-13(12)18)20-16(21)8-10-4-3-5-14(10)19/h6-7,9-10,14-15H,2-5,8,19H2,1H3,(H,20,21)/t10-,14+,15?/m0/s1. The average Bonchev–Trinajstić information content (AvgIpc) is 2.82. The van der Waals surface area contributed by atoms with E-state index in [1.165, 1.54) is 12.1 Å². The molecule has 0 spiro atoms. The molecule has 0 aliphatic heterocycles. The molecular formula is C16H22F2N2O. The van der Waals surface area contributed by atoms with Crippen LogP contribution < -0.4 is 11.1 Å². The van der Waals surface area contributed by atoms with Gasteiger partial charge in [0.15, 0.2) is 0 Å². The van der Waals surface area contributed by atoms with Gasteiger partial charge in [-0.1, -0.05) is 19.4 Å². The van der Waals surface area contributed by atoms with E-state index in [1.54, 1.807) is 0 Å². The Bertz CT molecular complexity index is 507. The maximum absolute atomic E-state index is 13.8. The summed E-state index contributed by atoms with van der Waals surface area (Å²) in [7, 11) is 0. The number of nitrogens with two attached hydrogens (primary N) is 1. The van der Waals surface area contributed by atoms with E-state index in [4.69, 9.17) is 5.73 Å². The third kappa shape index (κ3) is 4.00. The van der Waals surface area contributed by atoms with Crippen molar-refractivity contribution in [2.45, 2.75) is 51.1 Å². The molecule has 1 unspecified atom stereocenters. The zero-order valence-corrected chi connectivity index (χ0v) is 12.2. The van der Waals surface area contributed by atoms with E-state index in [-0.39, 0.29) is 17.9 Å². The first kappa shape index (κ1) is 15.9. The quantitative estimate of drug-likeness (QED) is 0.877. The first-order valence-corrected chi connectivity index (χ1v) is 7.51. The number of nitrogens with one attached hydrogen (secondary N) is 1. The molecule has 5 heteroatoms. The molecule has 1 amide bonds. The minimum Gasteiger partial charge on any atom is -0.349 e. The molecule has 0 radical (unpaired) electrons. The van der Waals surface area contributed by atoms with Gasteiger partial charge in [-0.15, -0.1) is 0 Å². The lowest BCUT2D eigenvalue weighted by Crippen LogP contribution is -2.33. The average molecular weight is 296 g/mol. The Morgan fingerprint density at radius 1 is 1.43 bits per heavy atom. The lowest BCUT2D eigenvalue weighted by Gasteiger charge is -2.20. The number of hydrogen-bond donors (Lipinski definition) is 2. The molecule has 1 aliphatic rings.